The highest BCUT2D eigenvalue weighted by molar-refractivity contribution is 4.95. The highest BCUT2D eigenvalue weighted by atomic mass is 16.5. The lowest BCUT2D eigenvalue weighted by Gasteiger charge is -2.45. The van der Waals surface area contributed by atoms with E-state index in [2.05, 4.69) is 25.8 Å². The molecule has 0 aromatic carbocycles. The highest BCUT2D eigenvalue weighted by Crippen LogP contribution is 2.36. The van der Waals surface area contributed by atoms with E-state index in [1.54, 1.807) is 0 Å². The first-order valence-corrected chi connectivity index (χ1v) is 6.52. The Balaban J connectivity index is 2.45. The van der Waals surface area contributed by atoms with Crippen LogP contribution in [0.1, 0.15) is 40.0 Å². The van der Waals surface area contributed by atoms with Gasteiger partial charge in [-0.3, -0.25) is 4.90 Å². The molecule has 3 heteroatoms. The van der Waals surface area contributed by atoms with Crippen molar-refractivity contribution in [3.63, 3.8) is 0 Å². The molecular formula is C13H28N2O. The Morgan fingerprint density at radius 3 is 2.75 bits per heavy atom. The Kier molecular flexibility index (Phi) is 5.22. The minimum absolute atomic E-state index is 0.281. The summed E-state index contributed by atoms with van der Waals surface area (Å²) in [5.41, 5.74) is 6.66. The molecule has 0 amide bonds. The van der Waals surface area contributed by atoms with Crippen LogP contribution in [0.3, 0.4) is 0 Å². The van der Waals surface area contributed by atoms with Crippen molar-refractivity contribution in [2.45, 2.75) is 52.1 Å². The molecule has 0 spiro atoms. The average molecular weight is 228 g/mol. The van der Waals surface area contributed by atoms with Crippen LogP contribution >= 0.6 is 0 Å². The maximum absolute atomic E-state index is 6.38. The smallest absolute Gasteiger partial charge is 0.0593 e. The number of nitrogens with two attached hydrogens (primary N) is 1. The van der Waals surface area contributed by atoms with Gasteiger partial charge in [0.2, 0.25) is 0 Å². The van der Waals surface area contributed by atoms with E-state index in [-0.39, 0.29) is 11.5 Å². The van der Waals surface area contributed by atoms with Crippen LogP contribution in [0.15, 0.2) is 0 Å². The number of hydrogen-bond acceptors (Lipinski definition) is 3. The summed E-state index contributed by atoms with van der Waals surface area (Å²) in [6.07, 6.45) is 3.78. The normalized spacial score (nSPS) is 29.6. The molecule has 96 valence electrons. The van der Waals surface area contributed by atoms with Crippen LogP contribution in [0.4, 0.5) is 0 Å². The Bertz CT molecular complexity index is 206. The van der Waals surface area contributed by atoms with Gasteiger partial charge in [0.15, 0.2) is 0 Å². The minimum Gasteiger partial charge on any atom is -0.380 e. The summed E-state index contributed by atoms with van der Waals surface area (Å²) in [5, 5.41) is 0. The second-order valence-corrected chi connectivity index (χ2v) is 5.65. The third kappa shape index (κ3) is 3.44. The second kappa shape index (κ2) is 5.99. The van der Waals surface area contributed by atoms with Crippen molar-refractivity contribution >= 4 is 0 Å². The van der Waals surface area contributed by atoms with Gasteiger partial charge in [0.05, 0.1) is 6.61 Å². The number of hydrogen-bond donors (Lipinski definition) is 1. The number of rotatable bonds is 5. The van der Waals surface area contributed by atoms with E-state index in [4.69, 9.17) is 10.5 Å². The van der Waals surface area contributed by atoms with E-state index in [1.807, 2.05) is 6.92 Å². The molecule has 0 aliphatic heterocycles. The van der Waals surface area contributed by atoms with Gasteiger partial charge in [-0.2, -0.15) is 0 Å². The standard InChI is InChI=1S/C13H28N2O/c1-5-16-10-9-15(4)11-7-6-8-13(2,3)12(11)14/h11-12H,5-10,14H2,1-4H3. The molecule has 0 aromatic heterocycles. The summed E-state index contributed by atoms with van der Waals surface area (Å²) in [6.45, 7) is 9.23. The summed E-state index contributed by atoms with van der Waals surface area (Å²) in [7, 11) is 2.17. The fourth-order valence-electron chi connectivity index (χ4n) is 2.65. The molecule has 0 aromatic rings. The maximum Gasteiger partial charge on any atom is 0.0593 e. The third-order valence-electron chi connectivity index (χ3n) is 4.00. The van der Waals surface area contributed by atoms with Gasteiger partial charge >= 0.3 is 0 Å². The largest absolute Gasteiger partial charge is 0.380 e. The molecule has 2 atom stereocenters. The summed E-state index contributed by atoms with van der Waals surface area (Å²) in [5.74, 6) is 0. The Hall–Kier alpha value is -0.120. The van der Waals surface area contributed by atoms with Crippen molar-refractivity contribution in [3.8, 4) is 0 Å². The molecule has 2 N–H and O–H groups in total. The molecule has 2 unspecified atom stereocenters. The predicted molar refractivity (Wildman–Crippen MR) is 68.5 cm³/mol. The molecule has 0 saturated heterocycles. The summed E-state index contributed by atoms with van der Waals surface area (Å²) in [6, 6.07) is 0.803. The molecule has 3 nitrogen and oxygen atoms in total. The predicted octanol–water partition coefficient (Wildman–Crippen LogP) is 1.86. The number of likely N-dealkylation sites (N-methyl/N-ethyl adjacent to an activating group) is 1. The first-order valence-electron chi connectivity index (χ1n) is 6.52. The van der Waals surface area contributed by atoms with Crippen LogP contribution < -0.4 is 5.73 Å². The molecule has 16 heavy (non-hydrogen) atoms. The van der Waals surface area contributed by atoms with E-state index in [0.29, 0.717) is 6.04 Å². The van der Waals surface area contributed by atoms with E-state index in [0.717, 1.165) is 19.8 Å². The lowest BCUT2D eigenvalue weighted by molar-refractivity contribution is 0.0562. The van der Waals surface area contributed by atoms with Gasteiger partial charge in [0, 0.05) is 25.2 Å². The van der Waals surface area contributed by atoms with Gasteiger partial charge in [0.25, 0.3) is 0 Å². The van der Waals surface area contributed by atoms with Crippen molar-refractivity contribution < 1.29 is 4.74 Å². The van der Waals surface area contributed by atoms with Crippen LogP contribution in [0.2, 0.25) is 0 Å². The second-order valence-electron chi connectivity index (χ2n) is 5.65. The van der Waals surface area contributed by atoms with Gasteiger partial charge in [-0.25, -0.2) is 0 Å². The molecule has 1 fully saturated rings. The van der Waals surface area contributed by atoms with Gasteiger partial charge in [0.1, 0.15) is 0 Å². The quantitative estimate of drug-likeness (QED) is 0.730. The molecule has 0 radical (unpaired) electrons. The van der Waals surface area contributed by atoms with Crippen molar-refractivity contribution in [1.82, 2.24) is 4.90 Å². The van der Waals surface area contributed by atoms with Gasteiger partial charge < -0.3 is 10.5 Å². The molecule has 1 aliphatic carbocycles. The Morgan fingerprint density at radius 2 is 2.12 bits per heavy atom. The highest BCUT2D eigenvalue weighted by Gasteiger charge is 2.37. The summed E-state index contributed by atoms with van der Waals surface area (Å²) in [4.78, 5) is 2.38. The fraction of sp³-hybridized carbons (Fsp3) is 1.00. The number of nitrogens with zero attached hydrogens (tertiary/aromatic N) is 1. The first kappa shape index (κ1) is 13.9. The first-order chi connectivity index (χ1) is 7.49. The van der Waals surface area contributed by atoms with Gasteiger partial charge in [-0.1, -0.05) is 20.3 Å². The van der Waals surface area contributed by atoms with E-state index in [9.17, 15) is 0 Å². The van der Waals surface area contributed by atoms with Crippen LogP contribution in [-0.4, -0.2) is 43.8 Å². The molecule has 1 saturated carbocycles. The van der Waals surface area contributed by atoms with Gasteiger partial charge in [-0.15, -0.1) is 0 Å². The fourth-order valence-corrected chi connectivity index (χ4v) is 2.65. The molecule has 0 heterocycles. The van der Waals surface area contributed by atoms with Crippen molar-refractivity contribution in [2.75, 3.05) is 26.8 Å². The van der Waals surface area contributed by atoms with Crippen LogP contribution in [0, 0.1) is 5.41 Å². The maximum atomic E-state index is 6.38. The van der Waals surface area contributed by atoms with Crippen molar-refractivity contribution in [2.24, 2.45) is 11.1 Å². The molecular weight excluding hydrogens is 200 g/mol. The third-order valence-corrected chi connectivity index (χ3v) is 4.00. The summed E-state index contributed by atoms with van der Waals surface area (Å²) < 4.78 is 5.40. The lowest BCUT2D eigenvalue weighted by atomic mass is 9.71. The lowest BCUT2D eigenvalue weighted by Crippen LogP contribution is -2.56. The minimum atomic E-state index is 0.281. The van der Waals surface area contributed by atoms with E-state index < -0.39 is 0 Å². The summed E-state index contributed by atoms with van der Waals surface area (Å²) >= 11 is 0. The monoisotopic (exact) mass is 228 g/mol. The molecule has 1 aliphatic rings. The SMILES string of the molecule is CCOCCN(C)C1CCCC(C)(C)C1N. The Morgan fingerprint density at radius 1 is 1.44 bits per heavy atom. The van der Waals surface area contributed by atoms with E-state index >= 15 is 0 Å². The molecule has 0 bridgehead atoms. The van der Waals surface area contributed by atoms with Crippen molar-refractivity contribution in [3.05, 3.63) is 0 Å². The number of ether oxygens (including phenoxy) is 1. The Labute approximate surface area is 100 Å². The zero-order chi connectivity index (χ0) is 12.2. The van der Waals surface area contributed by atoms with Crippen LogP contribution in [0.25, 0.3) is 0 Å². The molecule has 1 rings (SSSR count). The topological polar surface area (TPSA) is 38.5 Å². The van der Waals surface area contributed by atoms with Gasteiger partial charge in [-0.05, 0) is 32.2 Å². The zero-order valence-electron chi connectivity index (χ0n) is 11.3. The van der Waals surface area contributed by atoms with Crippen LogP contribution in [0.5, 0.6) is 0 Å². The zero-order valence-corrected chi connectivity index (χ0v) is 11.3. The van der Waals surface area contributed by atoms with E-state index in [1.165, 1.54) is 19.3 Å². The van der Waals surface area contributed by atoms with Crippen molar-refractivity contribution in [1.29, 1.82) is 0 Å². The average Bonchev–Trinajstić information content (AvgIpc) is 2.22. The van der Waals surface area contributed by atoms with Crippen LogP contribution in [-0.2, 0) is 4.74 Å².